The van der Waals surface area contributed by atoms with Crippen LogP contribution < -0.4 is 5.32 Å². The van der Waals surface area contributed by atoms with E-state index >= 15 is 0 Å². The maximum atomic E-state index is 11.1. The molecule has 0 aliphatic heterocycles. The summed E-state index contributed by atoms with van der Waals surface area (Å²) in [6, 6.07) is 0. The number of amides is 1. The Morgan fingerprint density at radius 2 is 2.43 bits per heavy atom. The topological polar surface area (TPSA) is 66.4 Å². The second-order valence-corrected chi connectivity index (χ2v) is 4.02. The zero-order valence-corrected chi connectivity index (χ0v) is 8.45. The van der Waals surface area contributed by atoms with E-state index in [9.17, 15) is 9.59 Å². The molecule has 0 aromatic carbocycles. The molecular weight excluding hydrogens is 182 g/mol. The van der Waals surface area contributed by atoms with Gasteiger partial charge in [-0.1, -0.05) is 26.2 Å². The molecular formula is C10H17NO3. The molecule has 1 aliphatic rings. The average molecular weight is 199 g/mol. The molecule has 0 heterocycles. The highest BCUT2D eigenvalue weighted by Crippen LogP contribution is 2.34. The number of carboxylic acids is 1. The molecule has 0 aromatic rings. The van der Waals surface area contributed by atoms with Gasteiger partial charge in [0.15, 0.2) is 0 Å². The van der Waals surface area contributed by atoms with Crippen LogP contribution in [0.15, 0.2) is 0 Å². The highest BCUT2D eigenvalue weighted by atomic mass is 16.4. The number of carbonyl (C=O) groups is 2. The molecule has 4 heteroatoms. The van der Waals surface area contributed by atoms with E-state index in [0.29, 0.717) is 25.2 Å². The lowest BCUT2D eigenvalue weighted by Crippen LogP contribution is -2.54. The van der Waals surface area contributed by atoms with Crippen LogP contribution in [0.3, 0.4) is 0 Å². The van der Waals surface area contributed by atoms with E-state index in [2.05, 4.69) is 12.2 Å². The van der Waals surface area contributed by atoms with Crippen molar-refractivity contribution in [2.75, 3.05) is 0 Å². The summed E-state index contributed by atoms with van der Waals surface area (Å²) in [7, 11) is 0. The highest BCUT2D eigenvalue weighted by Gasteiger charge is 2.42. The fourth-order valence-electron chi connectivity index (χ4n) is 2.24. The van der Waals surface area contributed by atoms with E-state index in [1.165, 1.54) is 0 Å². The van der Waals surface area contributed by atoms with Gasteiger partial charge in [-0.3, -0.25) is 4.79 Å². The van der Waals surface area contributed by atoms with E-state index in [0.717, 1.165) is 19.3 Å². The van der Waals surface area contributed by atoms with E-state index < -0.39 is 11.5 Å². The van der Waals surface area contributed by atoms with Crippen molar-refractivity contribution in [2.45, 2.75) is 44.6 Å². The minimum atomic E-state index is -0.999. The number of aliphatic carboxylic acids is 1. The van der Waals surface area contributed by atoms with Crippen LogP contribution in [-0.2, 0) is 9.59 Å². The van der Waals surface area contributed by atoms with Gasteiger partial charge in [-0.2, -0.15) is 0 Å². The molecule has 80 valence electrons. The molecule has 1 fully saturated rings. The number of carboxylic acid groups (broad SMARTS) is 1. The van der Waals surface area contributed by atoms with Gasteiger partial charge >= 0.3 is 5.97 Å². The third-order valence-electron chi connectivity index (χ3n) is 3.18. The van der Waals surface area contributed by atoms with Gasteiger partial charge in [-0.25, -0.2) is 4.79 Å². The maximum absolute atomic E-state index is 11.1. The fourth-order valence-corrected chi connectivity index (χ4v) is 2.24. The molecule has 4 nitrogen and oxygen atoms in total. The summed E-state index contributed by atoms with van der Waals surface area (Å²) >= 11 is 0. The van der Waals surface area contributed by atoms with Crippen LogP contribution in [0.1, 0.15) is 39.0 Å². The zero-order chi connectivity index (χ0) is 10.6. The Labute approximate surface area is 83.7 Å². The van der Waals surface area contributed by atoms with Crippen LogP contribution >= 0.6 is 0 Å². The minimum Gasteiger partial charge on any atom is -0.480 e. The second kappa shape index (κ2) is 4.44. The molecule has 1 rings (SSSR count). The van der Waals surface area contributed by atoms with E-state index in [-0.39, 0.29) is 0 Å². The third-order valence-corrected chi connectivity index (χ3v) is 3.18. The van der Waals surface area contributed by atoms with Gasteiger partial charge in [0.25, 0.3) is 0 Å². The van der Waals surface area contributed by atoms with Crippen molar-refractivity contribution in [2.24, 2.45) is 5.92 Å². The van der Waals surface area contributed by atoms with Crippen molar-refractivity contribution in [3.63, 3.8) is 0 Å². The van der Waals surface area contributed by atoms with Crippen LogP contribution in [-0.4, -0.2) is 23.0 Å². The summed E-state index contributed by atoms with van der Waals surface area (Å²) in [5, 5.41) is 11.6. The Morgan fingerprint density at radius 3 is 2.93 bits per heavy atom. The first-order chi connectivity index (χ1) is 6.64. The van der Waals surface area contributed by atoms with Crippen molar-refractivity contribution in [1.29, 1.82) is 0 Å². The van der Waals surface area contributed by atoms with Gasteiger partial charge in [0, 0.05) is 0 Å². The summed E-state index contributed by atoms with van der Waals surface area (Å²) in [5.74, 6) is -0.477. The standard InChI is InChI=1S/C10H17NO3/c1-2-8-4-3-5-10(6-8,9(13)14)11-7-12/h7-8H,2-6H2,1H3,(H,11,12)(H,13,14). The van der Waals surface area contributed by atoms with Gasteiger partial charge in [0.1, 0.15) is 5.54 Å². The van der Waals surface area contributed by atoms with E-state index in [1.807, 2.05) is 0 Å². The van der Waals surface area contributed by atoms with Crippen molar-refractivity contribution in [3.05, 3.63) is 0 Å². The molecule has 1 aliphatic carbocycles. The van der Waals surface area contributed by atoms with Crippen LogP contribution in [0.4, 0.5) is 0 Å². The van der Waals surface area contributed by atoms with E-state index in [1.54, 1.807) is 0 Å². The normalized spacial score (nSPS) is 32.2. The predicted octanol–water partition coefficient (Wildman–Crippen LogP) is 1.16. The lowest BCUT2D eigenvalue weighted by Gasteiger charge is -2.36. The SMILES string of the molecule is CCC1CCCC(NC=O)(C(=O)O)C1. The Hall–Kier alpha value is -1.06. The molecule has 0 spiro atoms. The van der Waals surface area contributed by atoms with Crippen molar-refractivity contribution < 1.29 is 14.7 Å². The predicted molar refractivity (Wildman–Crippen MR) is 51.8 cm³/mol. The van der Waals surface area contributed by atoms with Gasteiger partial charge in [0.2, 0.25) is 6.41 Å². The third kappa shape index (κ3) is 2.05. The van der Waals surface area contributed by atoms with E-state index in [4.69, 9.17) is 5.11 Å². The van der Waals surface area contributed by atoms with Gasteiger partial charge in [-0.05, 0) is 18.8 Å². The minimum absolute atomic E-state index is 0.423. The lowest BCUT2D eigenvalue weighted by atomic mass is 9.75. The smallest absolute Gasteiger partial charge is 0.329 e. The Balaban J connectivity index is 2.75. The number of carbonyl (C=O) groups excluding carboxylic acids is 1. The highest BCUT2D eigenvalue weighted by molar-refractivity contribution is 5.81. The lowest BCUT2D eigenvalue weighted by molar-refractivity contribution is -0.148. The molecule has 2 unspecified atom stereocenters. The molecule has 2 atom stereocenters. The van der Waals surface area contributed by atoms with Crippen LogP contribution in [0.2, 0.25) is 0 Å². The summed E-state index contributed by atoms with van der Waals surface area (Å²) in [6.45, 7) is 2.06. The Kier molecular flexibility index (Phi) is 3.49. The molecule has 0 aromatic heterocycles. The first-order valence-electron chi connectivity index (χ1n) is 5.09. The number of rotatable bonds is 4. The largest absolute Gasteiger partial charge is 0.480 e. The summed E-state index contributed by atoms with van der Waals surface area (Å²) in [4.78, 5) is 21.5. The Morgan fingerprint density at radius 1 is 1.71 bits per heavy atom. The first kappa shape index (κ1) is 11.0. The van der Waals surface area contributed by atoms with Crippen molar-refractivity contribution in [3.8, 4) is 0 Å². The number of nitrogens with one attached hydrogen (secondary N) is 1. The summed E-state index contributed by atoms with van der Waals surface area (Å²) in [5.41, 5.74) is -0.999. The molecule has 0 bridgehead atoms. The maximum Gasteiger partial charge on any atom is 0.329 e. The fraction of sp³-hybridized carbons (Fsp3) is 0.800. The molecule has 1 amide bonds. The number of hydrogen-bond acceptors (Lipinski definition) is 2. The Bertz CT molecular complexity index is 229. The molecule has 1 saturated carbocycles. The molecule has 14 heavy (non-hydrogen) atoms. The van der Waals surface area contributed by atoms with Crippen molar-refractivity contribution >= 4 is 12.4 Å². The van der Waals surface area contributed by atoms with Crippen LogP contribution in [0.25, 0.3) is 0 Å². The molecule has 2 N–H and O–H groups in total. The summed E-state index contributed by atoms with van der Waals surface area (Å²) < 4.78 is 0. The average Bonchev–Trinajstić information content (AvgIpc) is 2.18. The molecule has 0 radical (unpaired) electrons. The van der Waals surface area contributed by atoms with Crippen LogP contribution in [0.5, 0.6) is 0 Å². The zero-order valence-electron chi connectivity index (χ0n) is 8.45. The number of hydrogen-bond donors (Lipinski definition) is 2. The first-order valence-corrected chi connectivity index (χ1v) is 5.09. The van der Waals surface area contributed by atoms with Crippen LogP contribution in [0, 0.1) is 5.92 Å². The second-order valence-electron chi connectivity index (χ2n) is 4.02. The quantitative estimate of drug-likeness (QED) is 0.667. The monoisotopic (exact) mass is 199 g/mol. The van der Waals surface area contributed by atoms with Crippen molar-refractivity contribution in [1.82, 2.24) is 5.32 Å². The summed E-state index contributed by atoms with van der Waals surface area (Å²) in [6.07, 6.45) is 4.56. The molecule has 0 saturated heterocycles. The van der Waals surface area contributed by atoms with Gasteiger partial charge in [-0.15, -0.1) is 0 Å². The van der Waals surface area contributed by atoms with Gasteiger partial charge in [0.05, 0.1) is 0 Å². The van der Waals surface area contributed by atoms with Gasteiger partial charge < -0.3 is 10.4 Å².